The Kier molecular flexibility index (Phi) is 13.1. The van der Waals surface area contributed by atoms with Crippen LogP contribution in [-0.2, 0) is 11.0 Å². The van der Waals surface area contributed by atoms with Gasteiger partial charge in [-0.15, -0.1) is 0 Å². The van der Waals surface area contributed by atoms with E-state index in [4.69, 9.17) is 0 Å². The first-order valence-electron chi connectivity index (χ1n) is 11.6. The van der Waals surface area contributed by atoms with Gasteiger partial charge in [0.1, 0.15) is 11.7 Å². The Morgan fingerprint density at radius 3 is 2.19 bits per heavy atom. The summed E-state index contributed by atoms with van der Waals surface area (Å²) in [6.07, 6.45) is -5.44. The van der Waals surface area contributed by atoms with Crippen LogP contribution >= 0.6 is 0 Å². The van der Waals surface area contributed by atoms with Gasteiger partial charge in [0, 0.05) is 38.2 Å². The maximum absolute atomic E-state index is 13.8. The molecule has 1 amide bonds. The van der Waals surface area contributed by atoms with Gasteiger partial charge in [-0.1, -0.05) is 33.3 Å². The number of nitrogens with zero attached hydrogens (tertiary/aromatic N) is 3. The SMILES string of the molecule is C=CN=C(NC(C)=O)/C(CC(F)F)=C(\C)c1cc(C(F)(F)F)cc(N2C[C@@H](CC)[C@@H](CC)C2)n1.[CH3][Sb]. The number of rotatable bonds is 8. The van der Waals surface area contributed by atoms with Gasteiger partial charge in [0.25, 0.3) is 0 Å². The van der Waals surface area contributed by atoms with Crippen molar-refractivity contribution >= 4 is 46.2 Å². The van der Waals surface area contributed by atoms with Crippen molar-refractivity contribution in [3.63, 3.8) is 0 Å². The van der Waals surface area contributed by atoms with Gasteiger partial charge in [0.2, 0.25) is 12.3 Å². The first kappa shape index (κ1) is 32.1. The van der Waals surface area contributed by atoms with E-state index in [9.17, 15) is 26.7 Å². The van der Waals surface area contributed by atoms with Gasteiger partial charge in [0.15, 0.2) is 0 Å². The van der Waals surface area contributed by atoms with E-state index < -0.39 is 30.5 Å². The molecule has 200 valence electrons. The van der Waals surface area contributed by atoms with Crippen molar-refractivity contribution in [2.24, 2.45) is 16.8 Å². The first-order valence-corrected chi connectivity index (χ1v) is 14.2. The molecule has 0 saturated carbocycles. The average Bonchev–Trinajstić information content (AvgIpc) is 3.25. The summed E-state index contributed by atoms with van der Waals surface area (Å²) in [5.41, 5.74) is -1.06. The number of anilines is 1. The Morgan fingerprint density at radius 2 is 1.78 bits per heavy atom. The van der Waals surface area contributed by atoms with E-state index in [2.05, 4.69) is 26.7 Å². The van der Waals surface area contributed by atoms with Crippen molar-refractivity contribution in [2.45, 2.75) is 64.4 Å². The van der Waals surface area contributed by atoms with Crippen molar-refractivity contribution in [1.82, 2.24) is 10.3 Å². The zero-order valence-electron chi connectivity index (χ0n) is 21.3. The third-order valence-corrected chi connectivity index (χ3v) is 6.08. The van der Waals surface area contributed by atoms with E-state index in [0.717, 1.165) is 31.2 Å². The molecule has 2 atom stereocenters. The van der Waals surface area contributed by atoms with Crippen LogP contribution in [0.5, 0.6) is 0 Å². The molecule has 0 unspecified atom stereocenters. The molecule has 0 bridgehead atoms. The van der Waals surface area contributed by atoms with Crippen LogP contribution in [0.2, 0.25) is 4.87 Å². The predicted octanol–water partition coefficient (Wildman–Crippen LogP) is 6.28. The maximum atomic E-state index is 13.8. The number of aromatic nitrogens is 1. The van der Waals surface area contributed by atoms with E-state index in [1.54, 1.807) is 23.0 Å². The molecular weight excluding hydrogens is 589 g/mol. The number of amidine groups is 1. The Bertz CT molecular complexity index is 950. The summed E-state index contributed by atoms with van der Waals surface area (Å²) in [7, 11) is 0. The van der Waals surface area contributed by atoms with Gasteiger partial charge in [-0.05, 0) is 36.5 Å². The third-order valence-electron chi connectivity index (χ3n) is 6.08. The Labute approximate surface area is 223 Å². The van der Waals surface area contributed by atoms with Crippen LogP contribution in [0.25, 0.3) is 5.57 Å². The summed E-state index contributed by atoms with van der Waals surface area (Å²) < 4.78 is 68.2. The number of alkyl halides is 5. The molecule has 1 saturated heterocycles. The molecule has 5 nitrogen and oxygen atoms in total. The number of pyridine rings is 1. The minimum absolute atomic E-state index is 0.0697. The second kappa shape index (κ2) is 14.7. The van der Waals surface area contributed by atoms with E-state index in [1.807, 2.05) is 18.7 Å². The van der Waals surface area contributed by atoms with E-state index in [0.29, 0.717) is 24.9 Å². The molecule has 1 aromatic rings. The van der Waals surface area contributed by atoms with Gasteiger partial charge < -0.3 is 10.2 Å². The third kappa shape index (κ3) is 8.86. The normalized spacial score (nSPS) is 19.0. The number of allylic oxidation sites excluding steroid dienone is 1. The standard InChI is InChI=1S/C24H31F5N4O.CH3.Sb/c1-6-16-12-33(13-17(16)7-2)22-10-18(24(27,28)29)9-20(32-22)14(4)19(11-21(25)26)23(30-8-3)31-15(5)34;;/h8-10,16-17,21H,3,6-7,11-13H2,1-2,4-5H3,(H,30,31,34);1H3;/b19-14+;;/t16-,17+;;. The molecule has 2 radical (unpaired) electrons. The molecule has 1 aliphatic rings. The van der Waals surface area contributed by atoms with Crippen LogP contribution in [0.15, 0.2) is 35.5 Å². The Balaban J connectivity index is 0.00000316. The number of nitrogens with one attached hydrogen (secondary N) is 1. The molecule has 0 aromatic carbocycles. The van der Waals surface area contributed by atoms with Crippen molar-refractivity contribution in [3.05, 3.63) is 41.7 Å². The summed E-state index contributed by atoms with van der Waals surface area (Å²) in [5.74, 6) is 0.0611. The zero-order chi connectivity index (χ0) is 27.6. The molecule has 0 aliphatic carbocycles. The second-order valence-electron chi connectivity index (χ2n) is 8.38. The number of halogens is 5. The molecule has 1 aromatic heterocycles. The number of hydrogen-bond acceptors (Lipinski definition) is 4. The molecule has 1 aliphatic heterocycles. The van der Waals surface area contributed by atoms with Gasteiger partial charge in [0.05, 0.1) is 11.3 Å². The summed E-state index contributed by atoms with van der Waals surface area (Å²) in [4.78, 5) is 23.8. The average molecular weight is 623 g/mol. The topological polar surface area (TPSA) is 57.6 Å². The van der Waals surface area contributed by atoms with E-state index in [-0.39, 0.29) is 28.5 Å². The quantitative estimate of drug-likeness (QED) is 0.161. The van der Waals surface area contributed by atoms with Gasteiger partial charge >= 0.3 is 34.1 Å². The number of amides is 1. The van der Waals surface area contributed by atoms with Crippen molar-refractivity contribution in [2.75, 3.05) is 18.0 Å². The zero-order valence-corrected chi connectivity index (χ0v) is 23.8. The molecule has 0 spiro atoms. The second-order valence-corrected chi connectivity index (χ2v) is 8.38. The van der Waals surface area contributed by atoms with Crippen molar-refractivity contribution < 1.29 is 26.7 Å². The fourth-order valence-corrected chi connectivity index (χ4v) is 4.26. The van der Waals surface area contributed by atoms with Crippen LogP contribution in [0.1, 0.15) is 58.2 Å². The Morgan fingerprint density at radius 1 is 1.22 bits per heavy atom. The summed E-state index contributed by atoms with van der Waals surface area (Å²) >= 11 is 1.75. The van der Waals surface area contributed by atoms with Gasteiger partial charge in [-0.3, -0.25) is 4.79 Å². The van der Waals surface area contributed by atoms with Crippen LogP contribution in [0.4, 0.5) is 27.8 Å². The molecule has 11 heteroatoms. The molecule has 1 fully saturated rings. The van der Waals surface area contributed by atoms with E-state index >= 15 is 0 Å². The molecule has 1 N–H and O–H groups in total. The van der Waals surface area contributed by atoms with Crippen LogP contribution in [-0.4, -0.2) is 59.3 Å². The first-order chi connectivity index (χ1) is 16.9. The van der Waals surface area contributed by atoms with E-state index in [1.165, 1.54) is 13.8 Å². The minimum atomic E-state index is -4.65. The summed E-state index contributed by atoms with van der Waals surface area (Å²) in [6, 6.07) is 1.84. The van der Waals surface area contributed by atoms with Crippen LogP contribution in [0.3, 0.4) is 0 Å². The number of aliphatic imine (C=N–C) groups is 1. The fourth-order valence-electron chi connectivity index (χ4n) is 4.26. The summed E-state index contributed by atoms with van der Waals surface area (Å²) in [5, 5.41) is 2.37. The van der Waals surface area contributed by atoms with Crippen LogP contribution < -0.4 is 10.2 Å². The molecule has 36 heavy (non-hydrogen) atoms. The molecule has 2 heterocycles. The predicted molar refractivity (Wildman–Crippen MR) is 135 cm³/mol. The van der Waals surface area contributed by atoms with Crippen LogP contribution in [0, 0.1) is 11.8 Å². The van der Waals surface area contributed by atoms with Crippen molar-refractivity contribution in [1.29, 1.82) is 0 Å². The monoisotopic (exact) mass is 622 g/mol. The number of carbonyl (C=O) groups is 1. The number of hydrogen-bond donors (Lipinski definition) is 1. The molecule has 2 rings (SSSR count). The number of carbonyl (C=O) groups excluding carboxylic acids is 1. The Hall–Kier alpha value is -1.96. The molecular formula is C25H34F5N4OSb. The van der Waals surface area contributed by atoms with Gasteiger partial charge in [-0.25, -0.2) is 18.8 Å². The van der Waals surface area contributed by atoms with Crippen molar-refractivity contribution in [3.8, 4) is 0 Å². The summed E-state index contributed by atoms with van der Waals surface area (Å²) in [6.45, 7) is 11.2. The van der Waals surface area contributed by atoms with Gasteiger partial charge in [-0.2, -0.15) is 13.2 Å². The fraction of sp³-hybridized carbons (Fsp3) is 0.560.